The molecule has 1 aliphatic heterocycles. The number of fused-ring (bicyclic) bond motifs is 1. The Kier molecular flexibility index (Phi) is 4.58. The third-order valence-electron chi connectivity index (χ3n) is 3.27. The Labute approximate surface area is 112 Å². The number of hydrogen-bond donors (Lipinski definition) is 2. The van der Waals surface area contributed by atoms with E-state index in [9.17, 15) is 9.90 Å². The summed E-state index contributed by atoms with van der Waals surface area (Å²) in [5.74, 6) is 0.112. The molecule has 19 heavy (non-hydrogen) atoms. The van der Waals surface area contributed by atoms with Crippen molar-refractivity contribution in [2.24, 2.45) is 11.7 Å². The van der Waals surface area contributed by atoms with Crippen molar-refractivity contribution in [1.82, 2.24) is 0 Å². The lowest BCUT2D eigenvalue weighted by Gasteiger charge is -2.19. The van der Waals surface area contributed by atoms with Crippen molar-refractivity contribution < 1.29 is 14.6 Å². The first-order chi connectivity index (χ1) is 9.20. The molecule has 4 nitrogen and oxygen atoms in total. The van der Waals surface area contributed by atoms with Gasteiger partial charge in [0, 0.05) is 17.9 Å². The van der Waals surface area contributed by atoms with Crippen molar-refractivity contribution in [3.63, 3.8) is 0 Å². The Bertz CT molecular complexity index is 472. The first kappa shape index (κ1) is 13.6. The third kappa shape index (κ3) is 3.58. The lowest BCUT2D eigenvalue weighted by molar-refractivity contribution is -0.139. The molecule has 0 saturated heterocycles. The number of allylic oxidation sites excluding steroid dienone is 5. The molecule has 3 N–H and O–H groups in total. The summed E-state index contributed by atoms with van der Waals surface area (Å²) >= 11 is 0. The van der Waals surface area contributed by atoms with Gasteiger partial charge < -0.3 is 15.6 Å². The summed E-state index contributed by atoms with van der Waals surface area (Å²) in [7, 11) is 0. The van der Waals surface area contributed by atoms with Gasteiger partial charge in [0.2, 0.25) is 0 Å². The SMILES string of the molecule is NCC/C1=C/CC2C=C(O)C=C/C2=C/CCOC1=O. The van der Waals surface area contributed by atoms with Gasteiger partial charge in [-0.3, -0.25) is 0 Å². The summed E-state index contributed by atoms with van der Waals surface area (Å²) in [5, 5.41) is 9.57. The minimum Gasteiger partial charge on any atom is -0.508 e. The molecule has 102 valence electrons. The van der Waals surface area contributed by atoms with Gasteiger partial charge in [0.1, 0.15) is 5.76 Å². The van der Waals surface area contributed by atoms with Crippen LogP contribution in [0.25, 0.3) is 0 Å². The fourth-order valence-electron chi connectivity index (χ4n) is 2.27. The second-order valence-corrected chi connectivity index (χ2v) is 4.66. The maximum absolute atomic E-state index is 11.8. The van der Waals surface area contributed by atoms with Crippen LogP contribution in [0.15, 0.2) is 47.3 Å². The van der Waals surface area contributed by atoms with Crippen LogP contribution < -0.4 is 5.73 Å². The van der Waals surface area contributed by atoms with E-state index in [1.54, 1.807) is 6.08 Å². The van der Waals surface area contributed by atoms with Crippen LogP contribution in [0.2, 0.25) is 0 Å². The molecule has 0 amide bonds. The normalized spacial score (nSPS) is 29.2. The second kappa shape index (κ2) is 6.38. The average Bonchev–Trinajstić information content (AvgIpc) is 2.40. The second-order valence-electron chi connectivity index (χ2n) is 4.66. The molecule has 1 aliphatic carbocycles. The van der Waals surface area contributed by atoms with Crippen molar-refractivity contribution in [1.29, 1.82) is 0 Å². The van der Waals surface area contributed by atoms with Gasteiger partial charge in [0.15, 0.2) is 0 Å². The molecule has 0 aromatic carbocycles. The highest BCUT2D eigenvalue weighted by atomic mass is 16.5. The smallest absolute Gasteiger partial charge is 0.333 e. The van der Waals surface area contributed by atoms with Gasteiger partial charge in [-0.2, -0.15) is 0 Å². The fraction of sp³-hybridized carbons (Fsp3) is 0.400. The van der Waals surface area contributed by atoms with Crippen molar-refractivity contribution in [2.75, 3.05) is 13.2 Å². The quantitative estimate of drug-likeness (QED) is 0.747. The monoisotopic (exact) mass is 261 g/mol. The van der Waals surface area contributed by atoms with Crippen molar-refractivity contribution in [3.8, 4) is 0 Å². The number of cyclic esters (lactones) is 1. The number of carbonyl (C=O) groups is 1. The van der Waals surface area contributed by atoms with E-state index < -0.39 is 0 Å². The number of aliphatic hydroxyl groups is 1. The van der Waals surface area contributed by atoms with Gasteiger partial charge in [0.05, 0.1) is 6.61 Å². The van der Waals surface area contributed by atoms with E-state index in [1.807, 2.05) is 18.2 Å². The number of hydrogen-bond acceptors (Lipinski definition) is 4. The van der Waals surface area contributed by atoms with Crippen molar-refractivity contribution >= 4 is 5.97 Å². The minimum absolute atomic E-state index is 0.115. The van der Waals surface area contributed by atoms with Crippen LogP contribution in [-0.4, -0.2) is 24.2 Å². The van der Waals surface area contributed by atoms with Crippen LogP contribution in [0.1, 0.15) is 19.3 Å². The Morgan fingerprint density at radius 3 is 3.00 bits per heavy atom. The molecule has 1 heterocycles. The highest BCUT2D eigenvalue weighted by Crippen LogP contribution is 2.27. The topological polar surface area (TPSA) is 72.6 Å². The van der Waals surface area contributed by atoms with E-state index in [0.717, 1.165) is 5.57 Å². The van der Waals surface area contributed by atoms with E-state index in [2.05, 4.69) is 6.08 Å². The molecular weight excluding hydrogens is 242 g/mol. The van der Waals surface area contributed by atoms with E-state index in [-0.39, 0.29) is 17.6 Å². The molecule has 0 fully saturated rings. The lowest BCUT2D eigenvalue weighted by Crippen LogP contribution is -2.15. The molecular formula is C15H19NO3. The van der Waals surface area contributed by atoms with Gasteiger partial charge >= 0.3 is 5.97 Å². The highest BCUT2D eigenvalue weighted by molar-refractivity contribution is 5.88. The standard InChI is InChI=1S/C15H19NO3/c16-8-7-12-3-4-13-10-14(17)6-5-11(13)2-1-9-19-15(12)18/h2-3,5-6,10,13,17H,1,4,7-9,16H2/b11-2-,12-3-. The maximum Gasteiger partial charge on any atom is 0.333 e. The van der Waals surface area contributed by atoms with Crippen molar-refractivity contribution in [3.05, 3.63) is 47.3 Å². The predicted octanol–water partition coefficient (Wildman–Crippen LogP) is 2.15. The summed E-state index contributed by atoms with van der Waals surface area (Å²) in [6.07, 6.45) is 11.2. The van der Waals surface area contributed by atoms with Crippen LogP contribution in [0, 0.1) is 5.92 Å². The summed E-state index contributed by atoms with van der Waals surface area (Å²) in [4.78, 5) is 11.8. The molecule has 0 saturated carbocycles. The van der Waals surface area contributed by atoms with E-state index in [4.69, 9.17) is 10.5 Å². The summed E-state index contributed by atoms with van der Waals surface area (Å²) < 4.78 is 5.19. The first-order valence-corrected chi connectivity index (χ1v) is 6.56. The molecule has 0 bridgehead atoms. The molecule has 2 aliphatic rings. The van der Waals surface area contributed by atoms with Gasteiger partial charge in [-0.25, -0.2) is 4.79 Å². The van der Waals surface area contributed by atoms with Gasteiger partial charge in [-0.15, -0.1) is 0 Å². The molecule has 1 atom stereocenters. The summed E-state index contributed by atoms with van der Waals surface area (Å²) in [5.41, 5.74) is 7.30. The summed E-state index contributed by atoms with van der Waals surface area (Å²) in [6.45, 7) is 0.801. The maximum atomic E-state index is 11.8. The minimum atomic E-state index is -0.276. The van der Waals surface area contributed by atoms with Crippen LogP contribution in [-0.2, 0) is 9.53 Å². The summed E-state index contributed by atoms with van der Waals surface area (Å²) in [6, 6.07) is 0. The van der Waals surface area contributed by atoms with Crippen molar-refractivity contribution in [2.45, 2.75) is 19.3 Å². The van der Waals surface area contributed by atoms with Gasteiger partial charge in [-0.05, 0) is 37.1 Å². The Morgan fingerprint density at radius 2 is 2.21 bits per heavy atom. The molecule has 4 heteroatoms. The van der Waals surface area contributed by atoms with E-state index in [0.29, 0.717) is 38.0 Å². The molecule has 0 radical (unpaired) electrons. The average molecular weight is 261 g/mol. The molecule has 0 aromatic rings. The van der Waals surface area contributed by atoms with Crippen LogP contribution in [0.4, 0.5) is 0 Å². The molecule has 0 aromatic heterocycles. The van der Waals surface area contributed by atoms with Crippen LogP contribution in [0.3, 0.4) is 0 Å². The number of rotatable bonds is 2. The van der Waals surface area contributed by atoms with Crippen LogP contribution >= 0.6 is 0 Å². The first-order valence-electron chi connectivity index (χ1n) is 6.56. The molecule has 2 rings (SSSR count). The fourth-order valence-corrected chi connectivity index (χ4v) is 2.27. The number of nitrogens with two attached hydrogens (primary N) is 1. The van der Waals surface area contributed by atoms with E-state index >= 15 is 0 Å². The molecule has 0 spiro atoms. The Hall–Kier alpha value is -1.81. The lowest BCUT2D eigenvalue weighted by atomic mass is 9.89. The third-order valence-corrected chi connectivity index (χ3v) is 3.27. The number of ether oxygens (including phenoxy) is 1. The Balaban J connectivity index is 2.22. The molecule has 1 unspecified atom stereocenters. The number of aliphatic hydroxyl groups excluding tert-OH is 1. The number of carbonyl (C=O) groups excluding carboxylic acids is 1. The van der Waals surface area contributed by atoms with Crippen LogP contribution in [0.5, 0.6) is 0 Å². The zero-order valence-electron chi connectivity index (χ0n) is 10.8. The zero-order valence-corrected chi connectivity index (χ0v) is 10.8. The largest absolute Gasteiger partial charge is 0.508 e. The zero-order chi connectivity index (χ0) is 13.7. The predicted molar refractivity (Wildman–Crippen MR) is 73.4 cm³/mol. The Morgan fingerprint density at radius 1 is 1.37 bits per heavy atom. The number of esters is 1. The highest BCUT2D eigenvalue weighted by Gasteiger charge is 2.17. The van der Waals surface area contributed by atoms with E-state index in [1.165, 1.54) is 0 Å². The van der Waals surface area contributed by atoms with Gasteiger partial charge in [-0.1, -0.05) is 18.2 Å². The van der Waals surface area contributed by atoms with Gasteiger partial charge in [0.25, 0.3) is 0 Å².